The van der Waals surface area contributed by atoms with Gasteiger partial charge in [-0.3, -0.25) is 0 Å². The van der Waals surface area contributed by atoms with Crippen molar-refractivity contribution in [2.45, 2.75) is 25.3 Å². The molecule has 0 radical (unpaired) electrons. The summed E-state index contributed by atoms with van der Waals surface area (Å²) in [6, 6.07) is 5.87. The van der Waals surface area contributed by atoms with Crippen molar-refractivity contribution in [1.82, 2.24) is 0 Å². The van der Waals surface area contributed by atoms with Crippen LogP contribution in [-0.4, -0.2) is 6.04 Å². The molecule has 2 rings (SSSR count). The molecular formula is C11H13Cl2N. The standard InChI is InChI=1S/C11H13Cl2N/c1-6(14)8-5-9(8)10-4-7(12)2-3-11(10)13/h2-4,6,8-9H,5,14H2,1H3. The molecule has 3 unspecified atom stereocenters. The highest BCUT2D eigenvalue weighted by Gasteiger charge is 2.41. The van der Waals surface area contributed by atoms with Gasteiger partial charge >= 0.3 is 0 Å². The summed E-state index contributed by atoms with van der Waals surface area (Å²) >= 11 is 12.0. The van der Waals surface area contributed by atoms with Crippen LogP contribution >= 0.6 is 23.2 Å². The first kappa shape index (κ1) is 10.3. The topological polar surface area (TPSA) is 26.0 Å². The molecule has 1 nitrogen and oxygen atoms in total. The maximum Gasteiger partial charge on any atom is 0.0441 e. The van der Waals surface area contributed by atoms with Gasteiger partial charge in [0.1, 0.15) is 0 Å². The highest BCUT2D eigenvalue weighted by atomic mass is 35.5. The maximum atomic E-state index is 6.10. The number of benzene rings is 1. The van der Waals surface area contributed by atoms with E-state index in [0.29, 0.717) is 11.8 Å². The number of halogens is 2. The van der Waals surface area contributed by atoms with Gasteiger partial charge in [0.05, 0.1) is 0 Å². The molecule has 3 atom stereocenters. The minimum Gasteiger partial charge on any atom is -0.328 e. The molecule has 0 saturated heterocycles. The summed E-state index contributed by atoms with van der Waals surface area (Å²) < 4.78 is 0. The van der Waals surface area contributed by atoms with E-state index >= 15 is 0 Å². The van der Waals surface area contributed by atoms with Crippen LogP contribution in [-0.2, 0) is 0 Å². The summed E-state index contributed by atoms with van der Waals surface area (Å²) in [5.74, 6) is 1.09. The highest BCUT2D eigenvalue weighted by Crippen LogP contribution is 2.51. The number of hydrogen-bond acceptors (Lipinski definition) is 1. The molecule has 0 aliphatic heterocycles. The van der Waals surface area contributed by atoms with Crippen molar-refractivity contribution < 1.29 is 0 Å². The molecule has 1 aromatic carbocycles. The van der Waals surface area contributed by atoms with E-state index in [-0.39, 0.29) is 6.04 Å². The molecule has 1 aliphatic carbocycles. The van der Waals surface area contributed by atoms with E-state index in [1.54, 1.807) is 0 Å². The summed E-state index contributed by atoms with van der Waals surface area (Å²) in [5, 5.41) is 1.56. The molecule has 14 heavy (non-hydrogen) atoms. The lowest BCUT2D eigenvalue weighted by Gasteiger charge is -2.06. The third kappa shape index (κ3) is 1.90. The minimum atomic E-state index is 0.245. The van der Waals surface area contributed by atoms with Gasteiger partial charge in [-0.25, -0.2) is 0 Å². The summed E-state index contributed by atoms with van der Waals surface area (Å²) in [6.07, 6.45) is 1.14. The van der Waals surface area contributed by atoms with Crippen LogP contribution in [0.15, 0.2) is 18.2 Å². The van der Waals surface area contributed by atoms with Gasteiger partial charge in [0, 0.05) is 16.1 Å². The summed E-state index contributed by atoms with van der Waals surface area (Å²) in [4.78, 5) is 0. The van der Waals surface area contributed by atoms with Gasteiger partial charge in [-0.2, -0.15) is 0 Å². The zero-order valence-corrected chi connectivity index (χ0v) is 9.52. The van der Waals surface area contributed by atoms with Gasteiger partial charge in [0.2, 0.25) is 0 Å². The van der Waals surface area contributed by atoms with Crippen molar-refractivity contribution in [2.24, 2.45) is 11.7 Å². The van der Waals surface area contributed by atoms with Gasteiger partial charge in [0.25, 0.3) is 0 Å². The molecule has 0 bridgehead atoms. The predicted molar refractivity (Wildman–Crippen MR) is 61.0 cm³/mol. The van der Waals surface area contributed by atoms with E-state index in [1.165, 1.54) is 0 Å². The van der Waals surface area contributed by atoms with Crippen molar-refractivity contribution in [3.8, 4) is 0 Å². The van der Waals surface area contributed by atoms with Crippen molar-refractivity contribution in [3.63, 3.8) is 0 Å². The average Bonchev–Trinajstić information content (AvgIpc) is 2.88. The first-order chi connectivity index (χ1) is 6.59. The van der Waals surface area contributed by atoms with Gasteiger partial charge in [-0.1, -0.05) is 23.2 Å². The molecule has 2 N–H and O–H groups in total. The van der Waals surface area contributed by atoms with E-state index in [9.17, 15) is 0 Å². The fraction of sp³-hybridized carbons (Fsp3) is 0.455. The van der Waals surface area contributed by atoms with Crippen molar-refractivity contribution in [1.29, 1.82) is 0 Å². The Hall–Kier alpha value is -0.240. The van der Waals surface area contributed by atoms with Gasteiger partial charge < -0.3 is 5.73 Å². The number of nitrogens with two attached hydrogens (primary N) is 1. The molecule has 0 heterocycles. The fourth-order valence-corrected chi connectivity index (χ4v) is 2.39. The van der Waals surface area contributed by atoms with Crippen LogP contribution in [0.1, 0.15) is 24.8 Å². The first-order valence-corrected chi connectivity index (χ1v) is 5.55. The summed E-state index contributed by atoms with van der Waals surface area (Å²) in [7, 11) is 0. The van der Waals surface area contributed by atoms with E-state index < -0.39 is 0 Å². The Bertz CT molecular complexity index is 349. The Labute approximate surface area is 94.2 Å². The van der Waals surface area contributed by atoms with Crippen LogP contribution in [0.2, 0.25) is 10.0 Å². The summed E-state index contributed by atoms with van der Waals surface area (Å²) in [5.41, 5.74) is 6.99. The third-order valence-corrected chi connectivity index (χ3v) is 3.45. The number of hydrogen-bond donors (Lipinski definition) is 1. The lowest BCUT2D eigenvalue weighted by Crippen LogP contribution is -2.17. The summed E-state index contributed by atoms with van der Waals surface area (Å²) in [6.45, 7) is 2.04. The van der Waals surface area contributed by atoms with Crippen molar-refractivity contribution in [2.75, 3.05) is 0 Å². The molecule has 1 aromatic rings. The molecule has 1 saturated carbocycles. The molecule has 76 valence electrons. The van der Waals surface area contributed by atoms with E-state index in [2.05, 4.69) is 0 Å². The Morgan fingerprint density at radius 3 is 2.71 bits per heavy atom. The van der Waals surface area contributed by atoms with Crippen LogP contribution in [0.4, 0.5) is 0 Å². The van der Waals surface area contributed by atoms with Crippen LogP contribution in [0.5, 0.6) is 0 Å². The minimum absolute atomic E-state index is 0.245. The Balaban J connectivity index is 2.22. The molecule has 0 aromatic heterocycles. The molecule has 1 fully saturated rings. The average molecular weight is 230 g/mol. The first-order valence-electron chi connectivity index (χ1n) is 4.80. The molecular weight excluding hydrogens is 217 g/mol. The monoisotopic (exact) mass is 229 g/mol. The molecule has 0 amide bonds. The normalized spacial score (nSPS) is 27.4. The maximum absolute atomic E-state index is 6.10. The van der Waals surface area contributed by atoms with Crippen LogP contribution in [0.25, 0.3) is 0 Å². The Kier molecular flexibility index (Phi) is 2.74. The fourth-order valence-electron chi connectivity index (χ4n) is 1.95. The van der Waals surface area contributed by atoms with E-state index in [1.807, 2.05) is 25.1 Å². The second-order valence-corrected chi connectivity index (χ2v) is 4.87. The lowest BCUT2D eigenvalue weighted by atomic mass is 10.1. The second kappa shape index (κ2) is 3.73. The lowest BCUT2D eigenvalue weighted by molar-refractivity contribution is 0.632. The second-order valence-electron chi connectivity index (χ2n) is 4.03. The smallest absolute Gasteiger partial charge is 0.0441 e. The highest BCUT2D eigenvalue weighted by molar-refractivity contribution is 6.33. The number of rotatable bonds is 2. The van der Waals surface area contributed by atoms with E-state index in [0.717, 1.165) is 22.0 Å². The van der Waals surface area contributed by atoms with Crippen LogP contribution < -0.4 is 5.73 Å². The van der Waals surface area contributed by atoms with Gasteiger partial charge in [-0.05, 0) is 48.9 Å². The van der Waals surface area contributed by atoms with Gasteiger partial charge in [-0.15, -0.1) is 0 Å². The largest absolute Gasteiger partial charge is 0.328 e. The van der Waals surface area contributed by atoms with E-state index in [4.69, 9.17) is 28.9 Å². The van der Waals surface area contributed by atoms with Crippen molar-refractivity contribution >= 4 is 23.2 Å². The predicted octanol–water partition coefficient (Wildman–Crippen LogP) is 3.44. The zero-order chi connectivity index (χ0) is 10.3. The third-order valence-electron chi connectivity index (χ3n) is 2.87. The Morgan fingerprint density at radius 2 is 2.14 bits per heavy atom. The quantitative estimate of drug-likeness (QED) is 0.827. The van der Waals surface area contributed by atoms with Crippen LogP contribution in [0.3, 0.4) is 0 Å². The van der Waals surface area contributed by atoms with Crippen LogP contribution in [0, 0.1) is 5.92 Å². The zero-order valence-electron chi connectivity index (χ0n) is 8.00. The van der Waals surface area contributed by atoms with Gasteiger partial charge in [0.15, 0.2) is 0 Å². The Morgan fingerprint density at radius 1 is 1.43 bits per heavy atom. The molecule has 3 heteroatoms. The molecule has 1 aliphatic rings. The molecule has 0 spiro atoms. The van der Waals surface area contributed by atoms with Crippen molar-refractivity contribution in [3.05, 3.63) is 33.8 Å². The SMILES string of the molecule is CC(N)C1CC1c1cc(Cl)ccc1Cl.